The molecule has 1 heterocycles. The summed E-state index contributed by atoms with van der Waals surface area (Å²) < 4.78 is 0. The summed E-state index contributed by atoms with van der Waals surface area (Å²) in [5.74, 6) is 0. The minimum absolute atomic E-state index is 0.609. The Bertz CT molecular complexity index is 871. The number of aryl methyl sites for hydroxylation is 1. The smallest absolute Gasteiger partial charge is 0.0651 e. The number of hydrogen-bond acceptors (Lipinski definition) is 3. The standard InChI is InChI=1S/C18H13Cl2NS2/c1-11-4-2-3-5-16(11)21-12-6-7-13(15(20)10-12)17(22)18-14(19)8-9-23-18/h2-10,21H,1H3. The van der Waals surface area contributed by atoms with Gasteiger partial charge in [0, 0.05) is 16.9 Å². The van der Waals surface area contributed by atoms with Gasteiger partial charge in [0.25, 0.3) is 0 Å². The lowest BCUT2D eigenvalue weighted by atomic mass is 10.1. The van der Waals surface area contributed by atoms with Crippen LogP contribution in [-0.2, 0) is 0 Å². The Labute approximate surface area is 154 Å². The van der Waals surface area contributed by atoms with Crippen LogP contribution in [0, 0.1) is 6.92 Å². The van der Waals surface area contributed by atoms with Gasteiger partial charge in [-0.2, -0.15) is 0 Å². The fourth-order valence-corrected chi connectivity index (χ4v) is 4.15. The highest BCUT2D eigenvalue weighted by molar-refractivity contribution is 7.81. The molecule has 0 aliphatic rings. The van der Waals surface area contributed by atoms with E-state index in [2.05, 4.69) is 18.3 Å². The van der Waals surface area contributed by atoms with Crippen LogP contribution < -0.4 is 5.32 Å². The van der Waals surface area contributed by atoms with Gasteiger partial charge in [0.15, 0.2) is 0 Å². The molecule has 1 nitrogen and oxygen atoms in total. The maximum absolute atomic E-state index is 6.43. The largest absolute Gasteiger partial charge is 0.355 e. The lowest BCUT2D eigenvalue weighted by Crippen LogP contribution is -2.00. The zero-order valence-corrected chi connectivity index (χ0v) is 15.4. The molecule has 23 heavy (non-hydrogen) atoms. The van der Waals surface area contributed by atoms with E-state index in [0.717, 1.165) is 21.8 Å². The molecule has 3 rings (SSSR count). The van der Waals surface area contributed by atoms with Gasteiger partial charge in [-0.05, 0) is 48.2 Å². The maximum Gasteiger partial charge on any atom is 0.0651 e. The average molecular weight is 378 g/mol. The Morgan fingerprint density at radius 3 is 2.48 bits per heavy atom. The lowest BCUT2D eigenvalue weighted by molar-refractivity contribution is 1.43. The fourth-order valence-electron chi connectivity index (χ4n) is 2.22. The molecular weight excluding hydrogens is 365 g/mol. The van der Waals surface area contributed by atoms with Crippen LogP contribution in [0.3, 0.4) is 0 Å². The summed E-state index contributed by atoms with van der Waals surface area (Å²) >= 11 is 19.6. The monoisotopic (exact) mass is 377 g/mol. The van der Waals surface area contributed by atoms with Crippen molar-refractivity contribution >= 4 is 63.0 Å². The number of thiophene rings is 1. The van der Waals surface area contributed by atoms with E-state index in [1.54, 1.807) is 0 Å². The minimum atomic E-state index is 0.609. The second kappa shape index (κ2) is 7.02. The van der Waals surface area contributed by atoms with Crippen LogP contribution in [0.2, 0.25) is 10.0 Å². The van der Waals surface area contributed by atoms with Crippen LogP contribution >= 0.6 is 46.8 Å². The van der Waals surface area contributed by atoms with Gasteiger partial charge in [-0.15, -0.1) is 11.3 Å². The zero-order valence-electron chi connectivity index (χ0n) is 12.3. The molecule has 0 unspecified atom stereocenters. The number of anilines is 2. The molecule has 116 valence electrons. The topological polar surface area (TPSA) is 12.0 Å². The molecule has 0 fully saturated rings. The third kappa shape index (κ3) is 3.59. The van der Waals surface area contributed by atoms with Gasteiger partial charge in [-0.1, -0.05) is 53.6 Å². The first-order valence-electron chi connectivity index (χ1n) is 6.96. The van der Waals surface area contributed by atoms with E-state index in [1.807, 2.05) is 47.8 Å². The van der Waals surface area contributed by atoms with Gasteiger partial charge >= 0.3 is 0 Å². The predicted molar refractivity (Wildman–Crippen MR) is 106 cm³/mol. The number of hydrogen-bond donors (Lipinski definition) is 1. The Balaban J connectivity index is 1.88. The van der Waals surface area contributed by atoms with E-state index < -0.39 is 0 Å². The summed E-state index contributed by atoms with van der Waals surface area (Å²) in [5.41, 5.74) is 3.98. The summed E-state index contributed by atoms with van der Waals surface area (Å²) in [5, 5.41) is 6.57. The summed E-state index contributed by atoms with van der Waals surface area (Å²) in [4.78, 5) is 1.56. The number of para-hydroxylation sites is 1. The van der Waals surface area contributed by atoms with Gasteiger partial charge in [0.2, 0.25) is 0 Å². The van der Waals surface area contributed by atoms with Crippen LogP contribution in [0.4, 0.5) is 11.4 Å². The van der Waals surface area contributed by atoms with Crippen molar-refractivity contribution in [2.45, 2.75) is 6.92 Å². The van der Waals surface area contributed by atoms with Crippen molar-refractivity contribution in [2.24, 2.45) is 0 Å². The Morgan fingerprint density at radius 2 is 1.83 bits per heavy atom. The van der Waals surface area contributed by atoms with Crippen LogP contribution in [0.25, 0.3) is 0 Å². The highest BCUT2D eigenvalue weighted by Gasteiger charge is 2.14. The second-order valence-electron chi connectivity index (χ2n) is 5.06. The molecule has 0 radical (unpaired) electrons. The van der Waals surface area contributed by atoms with Crippen LogP contribution in [0.15, 0.2) is 53.9 Å². The second-order valence-corrected chi connectivity index (χ2v) is 7.20. The van der Waals surface area contributed by atoms with Crippen molar-refractivity contribution in [3.05, 3.63) is 80.0 Å². The number of rotatable bonds is 4. The highest BCUT2D eigenvalue weighted by Crippen LogP contribution is 2.31. The van der Waals surface area contributed by atoms with E-state index >= 15 is 0 Å². The van der Waals surface area contributed by atoms with Crippen molar-refractivity contribution in [3.8, 4) is 0 Å². The SMILES string of the molecule is Cc1ccccc1Nc1ccc(C(=S)c2sccc2Cl)c(Cl)c1. The molecule has 1 aromatic heterocycles. The van der Waals surface area contributed by atoms with Crippen LogP contribution in [0.1, 0.15) is 16.0 Å². The minimum Gasteiger partial charge on any atom is -0.355 e. The maximum atomic E-state index is 6.43. The Morgan fingerprint density at radius 1 is 1.04 bits per heavy atom. The molecule has 0 amide bonds. The van der Waals surface area contributed by atoms with E-state index in [9.17, 15) is 0 Å². The normalized spacial score (nSPS) is 10.6. The highest BCUT2D eigenvalue weighted by atomic mass is 35.5. The van der Waals surface area contributed by atoms with E-state index in [1.165, 1.54) is 16.9 Å². The molecule has 0 spiro atoms. The molecule has 0 aliphatic carbocycles. The summed E-state index contributed by atoms with van der Waals surface area (Å²) in [6.45, 7) is 2.06. The molecule has 3 aromatic rings. The number of halogens is 2. The van der Waals surface area contributed by atoms with Crippen LogP contribution in [-0.4, -0.2) is 4.86 Å². The van der Waals surface area contributed by atoms with Gasteiger partial charge in [-0.3, -0.25) is 0 Å². The first kappa shape index (κ1) is 16.5. The van der Waals surface area contributed by atoms with Gasteiger partial charge in [-0.25, -0.2) is 0 Å². The van der Waals surface area contributed by atoms with Crippen molar-refractivity contribution in [1.82, 2.24) is 0 Å². The van der Waals surface area contributed by atoms with Gasteiger partial charge in [0.1, 0.15) is 0 Å². The molecular formula is C18H13Cl2NS2. The van der Waals surface area contributed by atoms with Crippen molar-refractivity contribution in [1.29, 1.82) is 0 Å². The molecule has 2 aromatic carbocycles. The third-order valence-electron chi connectivity index (χ3n) is 3.46. The summed E-state index contributed by atoms with van der Waals surface area (Å²) in [7, 11) is 0. The average Bonchev–Trinajstić information content (AvgIpc) is 2.95. The third-order valence-corrected chi connectivity index (χ3v) is 5.69. The van der Waals surface area contributed by atoms with Crippen LogP contribution in [0.5, 0.6) is 0 Å². The molecule has 0 saturated heterocycles. The first-order valence-corrected chi connectivity index (χ1v) is 9.00. The summed E-state index contributed by atoms with van der Waals surface area (Å²) in [6, 6.07) is 15.7. The van der Waals surface area contributed by atoms with E-state index in [4.69, 9.17) is 35.4 Å². The van der Waals surface area contributed by atoms with Gasteiger partial charge in [0.05, 0.1) is 19.8 Å². The Hall–Kier alpha value is -1.39. The quantitative estimate of drug-likeness (QED) is 0.393. The number of nitrogens with one attached hydrogen (secondary N) is 1. The van der Waals surface area contributed by atoms with E-state index in [-0.39, 0.29) is 0 Å². The molecule has 0 bridgehead atoms. The van der Waals surface area contributed by atoms with Crippen molar-refractivity contribution in [3.63, 3.8) is 0 Å². The number of thiocarbonyl (C=S) groups is 1. The molecule has 0 atom stereocenters. The molecule has 1 N–H and O–H groups in total. The van der Waals surface area contributed by atoms with Gasteiger partial charge < -0.3 is 5.32 Å². The molecule has 0 aliphatic heterocycles. The number of benzene rings is 2. The fraction of sp³-hybridized carbons (Fsp3) is 0.0556. The Kier molecular flexibility index (Phi) is 5.02. The lowest BCUT2D eigenvalue weighted by Gasteiger charge is -2.12. The van der Waals surface area contributed by atoms with E-state index in [0.29, 0.717) is 14.9 Å². The summed E-state index contributed by atoms with van der Waals surface area (Å²) in [6.07, 6.45) is 0. The van der Waals surface area contributed by atoms with Crippen molar-refractivity contribution in [2.75, 3.05) is 5.32 Å². The first-order chi connectivity index (χ1) is 11.1. The molecule has 0 saturated carbocycles. The predicted octanol–water partition coefficient (Wildman–Crippen LogP) is 6.87. The van der Waals surface area contributed by atoms with Crippen molar-refractivity contribution < 1.29 is 0 Å². The molecule has 5 heteroatoms. The zero-order chi connectivity index (χ0) is 16.4.